The Kier molecular flexibility index (Phi) is 8.52. The van der Waals surface area contributed by atoms with Gasteiger partial charge in [0.05, 0.1) is 24.2 Å². The van der Waals surface area contributed by atoms with E-state index in [0.29, 0.717) is 42.8 Å². The van der Waals surface area contributed by atoms with E-state index in [1.165, 1.54) is 0 Å². The first kappa shape index (κ1) is 25.8. The van der Waals surface area contributed by atoms with E-state index in [0.717, 1.165) is 5.57 Å². The molecule has 1 heterocycles. The molecule has 0 aliphatic carbocycles. The molecule has 2 aromatic carbocycles. The van der Waals surface area contributed by atoms with Crippen LogP contribution in [0.3, 0.4) is 0 Å². The Labute approximate surface area is 204 Å². The van der Waals surface area contributed by atoms with Gasteiger partial charge in [-0.1, -0.05) is 38.1 Å². The van der Waals surface area contributed by atoms with E-state index >= 15 is 0 Å². The van der Waals surface area contributed by atoms with Crippen LogP contribution in [0.5, 0.6) is 11.5 Å². The molecule has 2 N–H and O–H groups in total. The number of allylic oxidation sites excluding steroid dienone is 1. The number of carboxylic acid groups (broad SMARTS) is 2. The monoisotopic (exact) mass is 482 g/mol. The minimum Gasteiger partial charge on any atom is -0.492 e. The Morgan fingerprint density at radius 2 is 1.63 bits per heavy atom. The van der Waals surface area contributed by atoms with Crippen molar-refractivity contribution in [2.45, 2.75) is 51.6 Å². The summed E-state index contributed by atoms with van der Waals surface area (Å²) < 4.78 is 17.7. The van der Waals surface area contributed by atoms with E-state index in [1.54, 1.807) is 36.4 Å². The van der Waals surface area contributed by atoms with Gasteiger partial charge in [-0.15, -0.1) is 0 Å². The second kappa shape index (κ2) is 11.6. The highest BCUT2D eigenvalue weighted by Gasteiger charge is 2.44. The van der Waals surface area contributed by atoms with Crippen molar-refractivity contribution in [1.29, 1.82) is 0 Å². The molecule has 3 rings (SSSR count). The quantitative estimate of drug-likeness (QED) is 0.407. The number of carbonyl (C=O) groups is 3. The zero-order chi connectivity index (χ0) is 25.4. The van der Waals surface area contributed by atoms with Crippen molar-refractivity contribution >= 4 is 23.5 Å². The maximum atomic E-state index is 13.9. The zero-order valence-corrected chi connectivity index (χ0v) is 19.9. The smallest absolute Gasteiger partial charge is 0.341 e. The summed E-state index contributed by atoms with van der Waals surface area (Å²) in [6.45, 7) is 3.34. The van der Waals surface area contributed by atoms with Crippen molar-refractivity contribution < 1.29 is 38.8 Å². The molecule has 0 radical (unpaired) electrons. The van der Waals surface area contributed by atoms with Crippen LogP contribution in [-0.2, 0) is 14.3 Å². The standard InChI is InChI=1S/C27H30O8/c1-3-18-13-15-27(4-2,26(32)20-10-6-8-12-22(20)34-17-24(30)31)35-25(18)19-9-5-7-11-21(19)33-16-14-23(28)29/h5-12H,3-4,13-17H2,1-2H3,(H,28,29)(H,30,31). The van der Waals surface area contributed by atoms with E-state index in [9.17, 15) is 14.4 Å². The summed E-state index contributed by atoms with van der Waals surface area (Å²) in [4.78, 5) is 35.8. The Balaban J connectivity index is 1.97. The van der Waals surface area contributed by atoms with Gasteiger partial charge < -0.3 is 24.4 Å². The molecule has 0 aromatic heterocycles. The van der Waals surface area contributed by atoms with Gasteiger partial charge in [0.15, 0.2) is 12.2 Å². The Bertz CT molecular complexity index is 1120. The molecule has 0 bridgehead atoms. The molecule has 0 saturated heterocycles. The molecule has 186 valence electrons. The summed E-state index contributed by atoms with van der Waals surface area (Å²) in [5.74, 6) is -1.13. The van der Waals surface area contributed by atoms with Crippen molar-refractivity contribution in [2.75, 3.05) is 13.2 Å². The minimum absolute atomic E-state index is 0.00717. The van der Waals surface area contributed by atoms with Crippen LogP contribution in [0.4, 0.5) is 0 Å². The molecule has 0 saturated carbocycles. The van der Waals surface area contributed by atoms with Crippen LogP contribution in [0.15, 0.2) is 54.1 Å². The fourth-order valence-electron chi connectivity index (χ4n) is 4.13. The molecule has 1 atom stereocenters. The first-order valence-electron chi connectivity index (χ1n) is 11.6. The predicted octanol–water partition coefficient (Wildman–Crippen LogP) is 4.97. The SMILES string of the molecule is CCC1=C(c2ccccc2OCCC(=O)O)OC(CC)(C(=O)c2ccccc2OCC(=O)O)CC1. The average Bonchev–Trinajstić information content (AvgIpc) is 2.87. The van der Waals surface area contributed by atoms with Crippen LogP contribution in [0, 0.1) is 0 Å². The largest absolute Gasteiger partial charge is 0.492 e. The number of hydrogen-bond acceptors (Lipinski definition) is 6. The number of rotatable bonds is 12. The van der Waals surface area contributed by atoms with Gasteiger partial charge in [0.2, 0.25) is 5.78 Å². The lowest BCUT2D eigenvalue weighted by atomic mass is 9.81. The molecule has 1 unspecified atom stereocenters. The van der Waals surface area contributed by atoms with Crippen molar-refractivity contribution in [3.8, 4) is 11.5 Å². The highest BCUT2D eigenvalue weighted by Crippen LogP contribution is 2.44. The highest BCUT2D eigenvalue weighted by atomic mass is 16.5. The average molecular weight is 483 g/mol. The number of para-hydroxylation sites is 2. The van der Waals surface area contributed by atoms with Gasteiger partial charge in [0.1, 0.15) is 17.3 Å². The lowest BCUT2D eigenvalue weighted by molar-refractivity contribution is -0.139. The number of benzene rings is 2. The first-order chi connectivity index (χ1) is 16.8. The molecule has 0 fully saturated rings. The van der Waals surface area contributed by atoms with Gasteiger partial charge in [-0.2, -0.15) is 0 Å². The van der Waals surface area contributed by atoms with Gasteiger partial charge in [0, 0.05) is 0 Å². The number of ketones is 1. The molecule has 8 nitrogen and oxygen atoms in total. The minimum atomic E-state index is -1.18. The second-order valence-electron chi connectivity index (χ2n) is 8.23. The third-order valence-electron chi connectivity index (χ3n) is 6.05. The predicted molar refractivity (Wildman–Crippen MR) is 129 cm³/mol. The van der Waals surface area contributed by atoms with E-state index in [2.05, 4.69) is 0 Å². The number of hydrogen-bond donors (Lipinski definition) is 2. The fraction of sp³-hybridized carbons (Fsp3) is 0.370. The molecule has 0 amide bonds. The van der Waals surface area contributed by atoms with Crippen LogP contribution < -0.4 is 9.47 Å². The van der Waals surface area contributed by atoms with E-state index in [1.807, 2.05) is 26.0 Å². The Hall–Kier alpha value is -3.81. The van der Waals surface area contributed by atoms with Gasteiger partial charge in [-0.25, -0.2) is 4.79 Å². The van der Waals surface area contributed by atoms with Gasteiger partial charge in [-0.3, -0.25) is 9.59 Å². The third-order valence-corrected chi connectivity index (χ3v) is 6.05. The Morgan fingerprint density at radius 1 is 0.943 bits per heavy atom. The zero-order valence-electron chi connectivity index (χ0n) is 19.9. The van der Waals surface area contributed by atoms with Crippen LogP contribution in [0.25, 0.3) is 5.76 Å². The van der Waals surface area contributed by atoms with Crippen LogP contribution in [0.2, 0.25) is 0 Å². The van der Waals surface area contributed by atoms with E-state index < -0.39 is 24.1 Å². The van der Waals surface area contributed by atoms with Crippen molar-refractivity contribution in [2.24, 2.45) is 0 Å². The molecule has 0 spiro atoms. The molecular weight excluding hydrogens is 452 g/mol. The van der Waals surface area contributed by atoms with Crippen LogP contribution in [-0.4, -0.2) is 46.7 Å². The van der Waals surface area contributed by atoms with Crippen molar-refractivity contribution in [3.05, 3.63) is 65.2 Å². The maximum absolute atomic E-state index is 13.9. The summed E-state index contributed by atoms with van der Waals surface area (Å²) >= 11 is 0. The molecule has 1 aliphatic heterocycles. The second-order valence-corrected chi connectivity index (χ2v) is 8.23. The Morgan fingerprint density at radius 3 is 2.29 bits per heavy atom. The lowest BCUT2D eigenvalue weighted by Crippen LogP contribution is -2.43. The summed E-state index contributed by atoms with van der Waals surface area (Å²) in [7, 11) is 0. The first-order valence-corrected chi connectivity index (χ1v) is 11.6. The van der Waals surface area contributed by atoms with Crippen LogP contribution >= 0.6 is 0 Å². The summed E-state index contributed by atoms with van der Waals surface area (Å²) in [5, 5.41) is 18.0. The molecule has 2 aromatic rings. The third kappa shape index (κ3) is 6.01. The van der Waals surface area contributed by atoms with Gasteiger partial charge in [0.25, 0.3) is 0 Å². The van der Waals surface area contributed by atoms with Crippen molar-refractivity contribution in [3.63, 3.8) is 0 Å². The lowest BCUT2D eigenvalue weighted by Gasteiger charge is -2.39. The van der Waals surface area contributed by atoms with Crippen molar-refractivity contribution in [1.82, 2.24) is 0 Å². The summed E-state index contributed by atoms with van der Waals surface area (Å²) in [6.07, 6.45) is 2.06. The van der Waals surface area contributed by atoms with Gasteiger partial charge >= 0.3 is 11.9 Å². The number of Topliss-reactive ketones (excluding diaryl/α,β-unsaturated/α-hetero) is 1. The highest BCUT2D eigenvalue weighted by molar-refractivity contribution is 6.05. The topological polar surface area (TPSA) is 119 Å². The number of aliphatic carboxylic acids is 2. The van der Waals surface area contributed by atoms with Crippen LogP contribution in [0.1, 0.15) is 61.9 Å². The molecule has 1 aliphatic rings. The van der Waals surface area contributed by atoms with Gasteiger partial charge in [-0.05, 0) is 55.5 Å². The molecule has 35 heavy (non-hydrogen) atoms. The molecule has 8 heteroatoms. The summed E-state index contributed by atoms with van der Waals surface area (Å²) in [5.41, 5.74) is 0.785. The number of carbonyl (C=O) groups excluding carboxylic acids is 1. The number of ether oxygens (including phenoxy) is 3. The number of carboxylic acids is 2. The van der Waals surface area contributed by atoms with E-state index in [4.69, 9.17) is 24.4 Å². The molecular formula is C27H30O8. The normalized spacial score (nSPS) is 17.4. The fourth-order valence-corrected chi connectivity index (χ4v) is 4.13. The summed E-state index contributed by atoms with van der Waals surface area (Å²) in [6, 6.07) is 13.8. The van der Waals surface area contributed by atoms with E-state index in [-0.39, 0.29) is 30.1 Å². The maximum Gasteiger partial charge on any atom is 0.341 e.